The van der Waals surface area contributed by atoms with E-state index in [0.717, 1.165) is 5.56 Å². The summed E-state index contributed by atoms with van der Waals surface area (Å²) in [5, 5.41) is 5.37. The van der Waals surface area contributed by atoms with Crippen molar-refractivity contribution in [3.05, 3.63) is 48.0 Å². The molecule has 0 aliphatic heterocycles. The van der Waals surface area contributed by atoms with Gasteiger partial charge in [0.05, 0.1) is 27.0 Å². The Morgan fingerprint density at radius 2 is 1.62 bits per heavy atom. The van der Waals surface area contributed by atoms with E-state index in [4.69, 9.17) is 14.2 Å². The number of amides is 2. The molecule has 2 aromatic carbocycles. The molecule has 0 radical (unpaired) electrons. The minimum Gasteiger partial charge on any atom is -0.497 e. The van der Waals surface area contributed by atoms with Crippen LogP contribution in [0.3, 0.4) is 0 Å². The Balaban J connectivity index is 1.90. The highest BCUT2D eigenvalue weighted by Crippen LogP contribution is 2.29. The Morgan fingerprint density at radius 1 is 0.885 bits per heavy atom. The molecule has 0 bridgehead atoms. The van der Waals surface area contributed by atoms with Crippen molar-refractivity contribution in [3.8, 4) is 17.2 Å². The van der Waals surface area contributed by atoms with Crippen LogP contribution in [0.4, 0.5) is 5.69 Å². The first-order valence-electron chi connectivity index (χ1n) is 7.97. The third kappa shape index (κ3) is 5.14. The number of rotatable bonds is 8. The van der Waals surface area contributed by atoms with E-state index in [0.29, 0.717) is 22.9 Å². The maximum Gasteiger partial charge on any atom is 0.233 e. The fourth-order valence-corrected chi connectivity index (χ4v) is 2.35. The zero-order chi connectivity index (χ0) is 18.9. The normalized spacial score (nSPS) is 9.96. The monoisotopic (exact) mass is 358 g/mol. The number of para-hydroxylation sites is 1. The second-order valence-electron chi connectivity index (χ2n) is 5.38. The van der Waals surface area contributed by atoms with Gasteiger partial charge in [0.1, 0.15) is 23.7 Å². The lowest BCUT2D eigenvalue weighted by Gasteiger charge is -2.12. The summed E-state index contributed by atoms with van der Waals surface area (Å²) in [7, 11) is 4.60. The van der Waals surface area contributed by atoms with Crippen LogP contribution >= 0.6 is 0 Å². The number of benzene rings is 2. The van der Waals surface area contributed by atoms with Gasteiger partial charge < -0.3 is 24.8 Å². The molecule has 2 aromatic rings. The number of hydrogen-bond donors (Lipinski definition) is 2. The molecular weight excluding hydrogens is 336 g/mol. The standard InChI is InChI=1S/C19H22N2O5/c1-24-14-8-9-15(17(10-14)26-3)21-19(23)11-18(22)20-12-13-6-4-5-7-16(13)25-2/h4-10H,11-12H2,1-3H3,(H,20,22)(H,21,23). The van der Waals surface area contributed by atoms with Crippen molar-refractivity contribution in [1.29, 1.82) is 0 Å². The van der Waals surface area contributed by atoms with Crippen LogP contribution in [-0.2, 0) is 16.1 Å². The average molecular weight is 358 g/mol. The van der Waals surface area contributed by atoms with Crippen LogP contribution in [0.15, 0.2) is 42.5 Å². The smallest absolute Gasteiger partial charge is 0.233 e. The molecule has 2 amide bonds. The number of methoxy groups -OCH3 is 3. The maximum atomic E-state index is 12.1. The van der Waals surface area contributed by atoms with Crippen molar-refractivity contribution in [3.63, 3.8) is 0 Å². The summed E-state index contributed by atoms with van der Waals surface area (Å²) < 4.78 is 15.5. The van der Waals surface area contributed by atoms with Gasteiger partial charge in [-0.2, -0.15) is 0 Å². The lowest BCUT2D eigenvalue weighted by atomic mass is 10.2. The number of carbonyl (C=O) groups excluding carboxylic acids is 2. The molecule has 7 heteroatoms. The lowest BCUT2D eigenvalue weighted by molar-refractivity contribution is -0.126. The first-order valence-corrected chi connectivity index (χ1v) is 7.97. The predicted molar refractivity (Wildman–Crippen MR) is 97.6 cm³/mol. The highest BCUT2D eigenvalue weighted by molar-refractivity contribution is 6.04. The minimum absolute atomic E-state index is 0.280. The van der Waals surface area contributed by atoms with Gasteiger partial charge in [-0.05, 0) is 18.2 Å². The molecule has 0 heterocycles. The van der Waals surface area contributed by atoms with Gasteiger partial charge >= 0.3 is 0 Å². The molecule has 0 unspecified atom stereocenters. The summed E-state index contributed by atoms with van der Waals surface area (Å²) in [5.41, 5.74) is 1.30. The van der Waals surface area contributed by atoms with Crippen molar-refractivity contribution in [1.82, 2.24) is 5.32 Å². The first-order chi connectivity index (χ1) is 12.6. The van der Waals surface area contributed by atoms with Crippen LogP contribution in [0.2, 0.25) is 0 Å². The van der Waals surface area contributed by atoms with Crippen molar-refractivity contribution in [2.45, 2.75) is 13.0 Å². The molecule has 0 aliphatic carbocycles. The largest absolute Gasteiger partial charge is 0.497 e. The molecule has 2 N–H and O–H groups in total. The van der Waals surface area contributed by atoms with E-state index in [1.54, 1.807) is 32.4 Å². The van der Waals surface area contributed by atoms with Crippen molar-refractivity contribution < 1.29 is 23.8 Å². The molecule has 0 saturated carbocycles. The van der Waals surface area contributed by atoms with E-state index in [9.17, 15) is 9.59 Å². The van der Waals surface area contributed by atoms with Gasteiger partial charge in [-0.15, -0.1) is 0 Å². The van der Waals surface area contributed by atoms with Gasteiger partial charge in [0, 0.05) is 18.2 Å². The van der Waals surface area contributed by atoms with Crippen molar-refractivity contribution in [2.75, 3.05) is 26.6 Å². The predicted octanol–water partition coefficient (Wildman–Crippen LogP) is 2.36. The van der Waals surface area contributed by atoms with E-state index in [-0.39, 0.29) is 18.9 Å². The summed E-state index contributed by atoms with van der Waals surface area (Å²) in [6, 6.07) is 12.4. The fourth-order valence-electron chi connectivity index (χ4n) is 2.35. The van der Waals surface area contributed by atoms with Gasteiger partial charge in [-0.3, -0.25) is 9.59 Å². The molecule has 0 aromatic heterocycles. The number of anilines is 1. The van der Waals surface area contributed by atoms with Crippen molar-refractivity contribution >= 4 is 17.5 Å². The molecular formula is C19H22N2O5. The number of carbonyl (C=O) groups is 2. The summed E-state index contributed by atoms with van der Waals surface area (Å²) >= 11 is 0. The van der Waals surface area contributed by atoms with E-state index in [1.165, 1.54) is 7.11 Å². The molecule has 0 spiro atoms. The summed E-state index contributed by atoms with van der Waals surface area (Å²) in [6.07, 6.45) is -0.301. The molecule has 138 valence electrons. The minimum atomic E-state index is -0.439. The lowest BCUT2D eigenvalue weighted by Crippen LogP contribution is -2.28. The van der Waals surface area contributed by atoms with Gasteiger partial charge in [0.25, 0.3) is 0 Å². The van der Waals surface area contributed by atoms with Crippen LogP contribution in [0.25, 0.3) is 0 Å². The number of nitrogens with one attached hydrogen (secondary N) is 2. The quantitative estimate of drug-likeness (QED) is 0.708. The van der Waals surface area contributed by atoms with Crippen LogP contribution in [0, 0.1) is 0 Å². The number of hydrogen-bond acceptors (Lipinski definition) is 5. The fraction of sp³-hybridized carbons (Fsp3) is 0.263. The third-order valence-corrected chi connectivity index (χ3v) is 3.67. The van der Waals surface area contributed by atoms with Crippen molar-refractivity contribution in [2.24, 2.45) is 0 Å². The highest BCUT2D eigenvalue weighted by atomic mass is 16.5. The summed E-state index contributed by atoms with van der Waals surface area (Å²) in [5.74, 6) is 0.911. The van der Waals surface area contributed by atoms with Crippen LogP contribution in [0.5, 0.6) is 17.2 Å². The Morgan fingerprint density at radius 3 is 2.31 bits per heavy atom. The maximum absolute atomic E-state index is 12.1. The van der Waals surface area contributed by atoms with Crippen LogP contribution < -0.4 is 24.8 Å². The Kier molecular flexibility index (Phi) is 6.84. The SMILES string of the molecule is COc1ccc(NC(=O)CC(=O)NCc2ccccc2OC)c(OC)c1. The Bertz CT molecular complexity index is 776. The number of ether oxygens (including phenoxy) is 3. The third-order valence-electron chi connectivity index (χ3n) is 3.67. The molecule has 0 aliphatic rings. The molecule has 26 heavy (non-hydrogen) atoms. The molecule has 7 nitrogen and oxygen atoms in total. The van der Waals surface area contributed by atoms with E-state index < -0.39 is 5.91 Å². The first kappa shape index (κ1) is 19.1. The van der Waals surface area contributed by atoms with Crippen LogP contribution in [-0.4, -0.2) is 33.1 Å². The molecule has 0 fully saturated rings. The summed E-state index contributed by atoms with van der Waals surface area (Å²) in [6.45, 7) is 0.280. The highest BCUT2D eigenvalue weighted by Gasteiger charge is 2.13. The molecule has 0 saturated heterocycles. The van der Waals surface area contributed by atoms with Gasteiger partial charge in [0.2, 0.25) is 11.8 Å². The van der Waals surface area contributed by atoms with Gasteiger partial charge in [-0.25, -0.2) is 0 Å². The Hall–Kier alpha value is -3.22. The molecule has 0 atom stereocenters. The van der Waals surface area contributed by atoms with E-state index in [2.05, 4.69) is 10.6 Å². The topological polar surface area (TPSA) is 85.9 Å². The second-order valence-corrected chi connectivity index (χ2v) is 5.38. The molecule has 2 rings (SSSR count). The summed E-state index contributed by atoms with van der Waals surface area (Å²) in [4.78, 5) is 24.1. The second kappa shape index (κ2) is 9.31. The zero-order valence-electron chi connectivity index (χ0n) is 15.0. The zero-order valence-corrected chi connectivity index (χ0v) is 15.0. The van der Waals surface area contributed by atoms with E-state index >= 15 is 0 Å². The Labute approximate surface area is 152 Å². The van der Waals surface area contributed by atoms with Crippen LogP contribution in [0.1, 0.15) is 12.0 Å². The average Bonchev–Trinajstić information content (AvgIpc) is 2.66. The van der Waals surface area contributed by atoms with E-state index in [1.807, 2.05) is 24.3 Å². The van der Waals surface area contributed by atoms with Gasteiger partial charge in [-0.1, -0.05) is 18.2 Å². The van der Waals surface area contributed by atoms with Gasteiger partial charge in [0.15, 0.2) is 0 Å².